The molecule has 0 saturated heterocycles. The van der Waals surface area contributed by atoms with E-state index in [1.165, 1.54) is 28.1 Å². The van der Waals surface area contributed by atoms with E-state index in [4.69, 9.17) is 28.4 Å². The Labute approximate surface area is 251 Å². The molecule has 0 amide bonds. The van der Waals surface area contributed by atoms with Gasteiger partial charge in [-0.1, -0.05) is 59.2 Å². The van der Waals surface area contributed by atoms with Gasteiger partial charge in [-0.3, -0.25) is 0 Å². The molecule has 6 aliphatic heterocycles. The molecule has 40 heavy (non-hydrogen) atoms. The lowest BCUT2D eigenvalue weighted by molar-refractivity contribution is 0.0309. The number of aromatic nitrogens is 2. The molecule has 1 aromatic carbocycles. The van der Waals surface area contributed by atoms with E-state index in [2.05, 4.69) is 33.9 Å². The molecule has 0 N–H and O–H groups in total. The number of hydrogen-bond acceptors (Lipinski definition) is 10. The fraction of sp³-hybridized carbons (Fsp3) is 0.429. The van der Waals surface area contributed by atoms with E-state index in [1.807, 2.05) is 71.3 Å². The van der Waals surface area contributed by atoms with Crippen LogP contribution in [0.5, 0.6) is 11.5 Å². The van der Waals surface area contributed by atoms with Crippen molar-refractivity contribution in [2.75, 3.05) is 66.1 Å². The minimum absolute atomic E-state index is 0.444. The van der Waals surface area contributed by atoms with Crippen molar-refractivity contribution < 1.29 is 28.4 Å². The molecule has 0 aliphatic carbocycles. The van der Waals surface area contributed by atoms with E-state index >= 15 is 0 Å². The van der Waals surface area contributed by atoms with Gasteiger partial charge in [0.05, 0.1) is 61.3 Å². The van der Waals surface area contributed by atoms with E-state index in [0.717, 1.165) is 13.1 Å². The van der Waals surface area contributed by atoms with E-state index in [9.17, 15) is 0 Å². The minimum Gasteiger partial charge on any atom is -0.487 e. The van der Waals surface area contributed by atoms with Crippen LogP contribution in [0.3, 0.4) is 0 Å². The van der Waals surface area contributed by atoms with Crippen molar-refractivity contribution in [1.29, 1.82) is 0 Å². The zero-order valence-electron chi connectivity index (χ0n) is 22.1. The van der Waals surface area contributed by atoms with Crippen molar-refractivity contribution in [2.45, 2.75) is 32.7 Å². The van der Waals surface area contributed by atoms with Gasteiger partial charge in [0.2, 0.25) is 0 Å². The second-order valence-electron chi connectivity index (χ2n) is 9.03. The van der Waals surface area contributed by atoms with Crippen LogP contribution >= 0.6 is 47.0 Å². The van der Waals surface area contributed by atoms with Crippen LogP contribution in [0.1, 0.15) is 0 Å². The van der Waals surface area contributed by atoms with Gasteiger partial charge in [0, 0.05) is 57.5 Å². The van der Waals surface area contributed by atoms with Crippen LogP contribution in [-0.4, -0.2) is 75.2 Å². The molecule has 3 aromatic rings. The first-order valence-electron chi connectivity index (χ1n) is 13.3. The summed E-state index contributed by atoms with van der Waals surface area (Å²) in [6.07, 6.45) is 8.92. The Hall–Kier alpha value is -1.64. The number of benzene rings is 1. The molecule has 12 heteroatoms. The third-order valence-electron chi connectivity index (χ3n) is 6.15. The molecule has 8 bridgehead atoms. The maximum atomic E-state index is 5.87. The molecule has 6 aliphatic rings. The molecular weight excluding hydrogens is 589 g/mol. The number of thioether (sulfide) groups is 4. The monoisotopic (exact) mass is 620 g/mol. The van der Waals surface area contributed by atoms with E-state index in [0.29, 0.717) is 77.6 Å². The number of ether oxygens (including phenoxy) is 6. The summed E-state index contributed by atoms with van der Waals surface area (Å²) in [5.74, 6) is 1.40. The third kappa shape index (κ3) is 7.60. The highest BCUT2D eigenvalue weighted by atomic mass is 32.2. The lowest BCUT2D eigenvalue weighted by Crippen LogP contribution is -2.14. The second-order valence-corrected chi connectivity index (χ2v) is 13.8. The lowest BCUT2D eigenvalue weighted by Gasteiger charge is -2.13. The molecule has 9 rings (SSSR count). The molecule has 0 saturated carbocycles. The first-order chi connectivity index (χ1) is 19.8. The fourth-order valence-electron chi connectivity index (χ4n) is 4.20. The van der Waals surface area contributed by atoms with Gasteiger partial charge in [-0.2, -0.15) is 0 Å². The molecule has 0 fully saturated rings. The summed E-state index contributed by atoms with van der Waals surface area (Å²) in [7, 11) is 0. The Balaban J connectivity index is 1.02. The molecule has 2 aromatic heterocycles. The number of hydrogen-bond donors (Lipinski definition) is 0. The van der Waals surface area contributed by atoms with Crippen LogP contribution in [0, 0.1) is 0 Å². The van der Waals surface area contributed by atoms with Crippen molar-refractivity contribution in [1.82, 2.24) is 9.13 Å². The Morgan fingerprint density at radius 3 is 1.20 bits per heavy atom. The molecule has 0 spiro atoms. The quantitative estimate of drug-likeness (QED) is 0.297. The average Bonchev–Trinajstić information content (AvgIpc) is 3.71. The Morgan fingerprint density at radius 1 is 0.450 bits per heavy atom. The van der Waals surface area contributed by atoms with Crippen LogP contribution < -0.4 is 9.47 Å². The highest BCUT2D eigenvalue weighted by Gasteiger charge is 2.29. The second kappa shape index (κ2) is 14.5. The smallest absolute Gasteiger partial charge is 0.161 e. The van der Waals surface area contributed by atoms with Gasteiger partial charge in [0.25, 0.3) is 0 Å². The predicted molar refractivity (Wildman–Crippen MR) is 160 cm³/mol. The Bertz CT molecular complexity index is 1160. The summed E-state index contributed by atoms with van der Waals surface area (Å²) in [6, 6.07) is 7.66. The van der Waals surface area contributed by atoms with Gasteiger partial charge < -0.3 is 37.6 Å². The lowest BCUT2D eigenvalue weighted by atomic mass is 10.3. The summed E-state index contributed by atoms with van der Waals surface area (Å²) in [4.78, 5) is 5.30. The van der Waals surface area contributed by atoms with Gasteiger partial charge >= 0.3 is 0 Å². The molecule has 0 unspecified atom stereocenters. The largest absolute Gasteiger partial charge is 0.487 e. The molecule has 0 radical (unpaired) electrons. The van der Waals surface area contributed by atoms with E-state index < -0.39 is 0 Å². The standard InChI is InChI=1S/C28H32N2O6S4/c1-2-4-22-21(3-1)35-15-13-33-11-9-31-7-5-29-17-23-24(18-29)38-27(37-23)28-39-25-19-30(20-26(25)40-28)6-8-32-10-12-34-14-16-36-22/h1-4,17-20H,5-16H2. The summed E-state index contributed by atoms with van der Waals surface area (Å²) in [5, 5.41) is 0. The maximum absolute atomic E-state index is 5.87. The highest BCUT2D eigenvalue weighted by molar-refractivity contribution is 8.30. The van der Waals surface area contributed by atoms with Crippen LogP contribution in [0.2, 0.25) is 0 Å². The average molecular weight is 621 g/mol. The Morgan fingerprint density at radius 2 is 0.800 bits per heavy atom. The van der Waals surface area contributed by atoms with Gasteiger partial charge in [-0.25, -0.2) is 0 Å². The van der Waals surface area contributed by atoms with Gasteiger partial charge in [-0.15, -0.1) is 0 Å². The normalized spacial score (nSPS) is 19.8. The van der Waals surface area contributed by atoms with Crippen LogP contribution in [0.15, 0.2) is 77.1 Å². The molecule has 214 valence electrons. The maximum Gasteiger partial charge on any atom is 0.161 e. The molecular formula is C28H32N2O6S4. The summed E-state index contributed by atoms with van der Waals surface area (Å²) in [6.45, 7) is 7.01. The number of rotatable bonds is 0. The topological polar surface area (TPSA) is 65.2 Å². The van der Waals surface area contributed by atoms with Crippen LogP contribution in [-0.2, 0) is 32.0 Å². The zero-order valence-corrected chi connectivity index (χ0v) is 25.3. The number of nitrogens with zero attached hydrogens (tertiary/aromatic N) is 2. The van der Waals surface area contributed by atoms with Gasteiger partial charge in [-0.05, 0) is 12.1 Å². The van der Waals surface area contributed by atoms with E-state index in [-0.39, 0.29) is 0 Å². The molecule has 8 nitrogen and oxygen atoms in total. The van der Waals surface area contributed by atoms with Crippen molar-refractivity contribution >= 4 is 47.0 Å². The van der Waals surface area contributed by atoms with Crippen molar-refractivity contribution in [3.05, 3.63) is 57.5 Å². The van der Waals surface area contributed by atoms with Gasteiger partial charge in [0.1, 0.15) is 13.2 Å². The zero-order chi connectivity index (χ0) is 27.0. The molecule has 8 heterocycles. The highest BCUT2D eigenvalue weighted by Crippen LogP contribution is 2.61. The first kappa shape index (κ1) is 28.5. The van der Waals surface area contributed by atoms with Crippen molar-refractivity contribution in [3.8, 4) is 11.5 Å². The van der Waals surface area contributed by atoms with Crippen molar-refractivity contribution in [2.24, 2.45) is 0 Å². The Kier molecular flexibility index (Phi) is 10.3. The first-order valence-corrected chi connectivity index (χ1v) is 16.6. The number of para-hydroxylation sites is 2. The fourth-order valence-corrected chi connectivity index (χ4v) is 9.61. The SMILES string of the molecule is c1ccc2c(c1)OCCOCCOCCn1cc3c(c1)SC(=C1Sc4cn(cc4S1)CCOCCOCCO2)S3. The summed E-state index contributed by atoms with van der Waals surface area (Å²) in [5.41, 5.74) is 0. The van der Waals surface area contributed by atoms with E-state index in [1.54, 1.807) is 0 Å². The summed E-state index contributed by atoms with van der Waals surface area (Å²) < 4.78 is 41.9. The van der Waals surface area contributed by atoms with Crippen LogP contribution in [0.4, 0.5) is 0 Å². The van der Waals surface area contributed by atoms with Crippen molar-refractivity contribution in [3.63, 3.8) is 0 Å². The van der Waals surface area contributed by atoms with Gasteiger partial charge in [0.15, 0.2) is 11.5 Å². The third-order valence-corrected chi connectivity index (χ3v) is 11.7. The molecule has 0 atom stereocenters. The van der Waals surface area contributed by atoms with Crippen LogP contribution in [0.25, 0.3) is 0 Å². The summed E-state index contributed by atoms with van der Waals surface area (Å²) >= 11 is 7.50. The predicted octanol–water partition coefficient (Wildman–Crippen LogP) is 6.05. The minimum atomic E-state index is 0.444.